The van der Waals surface area contributed by atoms with Gasteiger partial charge in [0.2, 0.25) is 0 Å². The molecule has 0 saturated heterocycles. The van der Waals surface area contributed by atoms with Gasteiger partial charge in [0.25, 0.3) is 0 Å². The molecule has 0 aliphatic carbocycles. The number of aromatic amines is 1. The Balaban J connectivity index is 1.51. The second kappa shape index (κ2) is 5.70. The third-order valence-electron chi connectivity index (χ3n) is 4.07. The monoisotopic (exact) mass is 315 g/mol. The molecule has 0 spiro atoms. The first-order valence-electron chi connectivity index (χ1n) is 7.46. The maximum absolute atomic E-state index is 5.65. The summed E-state index contributed by atoms with van der Waals surface area (Å²) < 4.78 is 11.8. The number of H-pyrrole nitrogens is 1. The van der Waals surface area contributed by atoms with Crippen LogP contribution in [0.2, 0.25) is 0 Å². The molecule has 2 aliphatic heterocycles. The molecule has 0 radical (unpaired) electrons. The van der Waals surface area contributed by atoms with Crippen molar-refractivity contribution in [3.63, 3.8) is 0 Å². The Morgan fingerprint density at radius 3 is 3.00 bits per heavy atom. The van der Waals surface area contributed by atoms with Crippen molar-refractivity contribution in [2.75, 3.05) is 19.8 Å². The molecule has 1 N–H and O–H groups in total. The first-order chi connectivity index (χ1) is 10.8. The smallest absolute Gasteiger partial charge is 0.196 e. The molecule has 0 saturated carbocycles. The number of rotatable bonds is 2. The average molecular weight is 315 g/mol. The zero-order valence-electron chi connectivity index (χ0n) is 12.2. The van der Waals surface area contributed by atoms with Crippen LogP contribution < -0.4 is 9.47 Å². The zero-order valence-corrected chi connectivity index (χ0v) is 13.0. The third-order valence-corrected chi connectivity index (χ3v) is 4.28. The molecular formula is C16H17N3O2S. The zero-order chi connectivity index (χ0) is 14.9. The number of hydrogen-bond donors (Lipinski definition) is 1. The van der Waals surface area contributed by atoms with Crippen LogP contribution in [0.4, 0.5) is 0 Å². The van der Waals surface area contributed by atoms with Gasteiger partial charge in [-0.15, -0.1) is 0 Å². The molecule has 2 aliphatic rings. The summed E-state index contributed by atoms with van der Waals surface area (Å²) in [6.07, 6.45) is 2.90. The fourth-order valence-electron chi connectivity index (χ4n) is 2.97. The van der Waals surface area contributed by atoms with Crippen molar-refractivity contribution >= 4 is 12.2 Å². The van der Waals surface area contributed by atoms with Crippen LogP contribution in [-0.2, 0) is 19.5 Å². The van der Waals surface area contributed by atoms with Gasteiger partial charge >= 0.3 is 0 Å². The number of aromatic nitrogens is 2. The Morgan fingerprint density at radius 2 is 2.09 bits per heavy atom. The van der Waals surface area contributed by atoms with Crippen LogP contribution in [0.15, 0.2) is 24.4 Å². The molecule has 3 heterocycles. The maximum Gasteiger partial charge on any atom is 0.196 e. The summed E-state index contributed by atoms with van der Waals surface area (Å²) in [5, 5.41) is 0. The number of hydrogen-bond acceptors (Lipinski definition) is 5. The van der Waals surface area contributed by atoms with Crippen LogP contribution in [-0.4, -0.2) is 34.6 Å². The van der Waals surface area contributed by atoms with Gasteiger partial charge in [-0.25, -0.2) is 4.98 Å². The lowest BCUT2D eigenvalue weighted by atomic mass is 10.1. The minimum atomic E-state index is 0.555. The highest BCUT2D eigenvalue weighted by Gasteiger charge is 2.18. The van der Waals surface area contributed by atoms with Crippen molar-refractivity contribution in [2.24, 2.45) is 0 Å². The summed E-state index contributed by atoms with van der Waals surface area (Å²) in [4.78, 5) is 9.77. The van der Waals surface area contributed by atoms with Crippen LogP contribution >= 0.6 is 12.2 Å². The predicted molar refractivity (Wildman–Crippen MR) is 84.7 cm³/mol. The van der Waals surface area contributed by atoms with E-state index in [9.17, 15) is 0 Å². The lowest BCUT2D eigenvalue weighted by molar-refractivity contribution is 0.171. The maximum atomic E-state index is 5.65. The van der Waals surface area contributed by atoms with Crippen molar-refractivity contribution in [2.45, 2.75) is 19.5 Å². The van der Waals surface area contributed by atoms with E-state index in [1.54, 1.807) is 0 Å². The minimum absolute atomic E-state index is 0.555. The van der Waals surface area contributed by atoms with Gasteiger partial charge in [-0.3, -0.25) is 4.90 Å². The number of nitrogens with one attached hydrogen (secondary N) is 1. The van der Waals surface area contributed by atoms with Crippen LogP contribution in [0.1, 0.15) is 16.8 Å². The first-order valence-corrected chi connectivity index (χ1v) is 7.87. The van der Waals surface area contributed by atoms with E-state index in [1.165, 1.54) is 16.8 Å². The number of benzene rings is 1. The highest BCUT2D eigenvalue weighted by atomic mass is 32.1. The van der Waals surface area contributed by atoms with Gasteiger partial charge in [-0.1, -0.05) is 6.07 Å². The topological polar surface area (TPSA) is 50.4 Å². The summed E-state index contributed by atoms with van der Waals surface area (Å²) in [5.41, 5.74) is 3.69. The quantitative estimate of drug-likeness (QED) is 0.863. The molecule has 5 nitrogen and oxygen atoms in total. The van der Waals surface area contributed by atoms with E-state index in [4.69, 9.17) is 21.7 Å². The molecule has 22 heavy (non-hydrogen) atoms. The Hall–Kier alpha value is -1.92. The summed E-state index contributed by atoms with van der Waals surface area (Å²) in [5.74, 6) is 1.69. The summed E-state index contributed by atoms with van der Waals surface area (Å²) in [6.45, 7) is 4.03. The molecule has 0 bridgehead atoms. The SMILES string of the molecule is S=c1ncc2c([nH]1)CN(Cc1ccc3c(c1)OCCO3)CC2. The van der Waals surface area contributed by atoms with Crippen molar-refractivity contribution in [1.29, 1.82) is 0 Å². The standard InChI is InChI=1S/C16H17N3O2S/c22-16-17-8-12-3-4-19(10-13(12)18-16)9-11-1-2-14-15(7-11)21-6-5-20-14/h1-2,7-8H,3-6,9-10H2,(H,17,18,22). The minimum Gasteiger partial charge on any atom is -0.486 e. The molecule has 1 aromatic heterocycles. The van der Waals surface area contributed by atoms with E-state index < -0.39 is 0 Å². The highest BCUT2D eigenvalue weighted by Crippen LogP contribution is 2.31. The molecule has 4 rings (SSSR count). The van der Waals surface area contributed by atoms with Crippen LogP contribution in [0.25, 0.3) is 0 Å². The van der Waals surface area contributed by atoms with Crippen molar-refractivity contribution in [3.8, 4) is 11.5 Å². The number of nitrogens with zero attached hydrogens (tertiary/aromatic N) is 2. The second-order valence-electron chi connectivity index (χ2n) is 5.63. The van der Waals surface area contributed by atoms with E-state index in [-0.39, 0.29) is 0 Å². The highest BCUT2D eigenvalue weighted by molar-refractivity contribution is 7.71. The van der Waals surface area contributed by atoms with Crippen molar-refractivity contribution in [3.05, 3.63) is 46.0 Å². The Kier molecular flexibility index (Phi) is 3.56. The number of ether oxygens (including phenoxy) is 2. The fourth-order valence-corrected chi connectivity index (χ4v) is 3.15. The lowest BCUT2D eigenvalue weighted by Gasteiger charge is -2.28. The van der Waals surface area contributed by atoms with Gasteiger partial charge in [-0.2, -0.15) is 0 Å². The van der Waals surface area contributed by atoms with Gasteiger partial charge < -0.3 is 14.5 Å². The lowest BCUT2D eigenvalue weighted by Crippen LogP contribution is -2.31. The van der Waals surface area contributed by atoms with Crippen LogP contribution in [0, 0.1) is 4.77 Å². The van der Waals surface area contributed by atoms with Gasteiger partial charge in [0.1, 0.15) is 13.2 Å². The molecule has 0 atom stereocenters. The number of fused-ring (bicyclic) bond motifs is 2. The van der Waals surface area contributed by atoms with E-state index in [0.717, 1.165) is 37.6 Å². The molecule has 0 amide bonds. The van der Waals surface area contributed by atoms with E-state index in [1.807, 2.05) is 12.3 Å². The Bertz CT molecular complexity index is 759. The second-order valence-corrected chi connectivity index (χ2v) is 6.02. The van der Waals surface area contributed by atoms with Gasteiger partial charge in [0.15, 0.2) is 16.3 Å². The molecule has 0 fully saturated rings. The Labute approximate surface area is 133 Å². The molecule has 0 unspecified atom stereocenters. The predicted octanol–water partition coefficient (Wildman–Crippen LogP) is 2.47. The van der Waals surface area contributed by atoms with Gasteiger partial charge in [0.05, 0.1) is 0 Å². The first kappa shape index (κ1) is 13.7. The van der Waals surface area contributed by atoms with Crippen LogP contribution in [0.5, 0.6) is 11.5 Å². The van der Waals surface area contributed by atoms with Crippen molar-refractivity contribution in [1.82, 2.24) is 14.9 Å². The third kappa shape index (κ3) is 2.71. The Morgan fingerprint density at radius 1 is 1.23 bits per heavy atom. The molecular weight excluding hydrogens is 298 g/mol. The summed E-state index contributed by atoms with van der Waals surface area (Å²) in [6, 6.07) is 6.19. The van der Waals surface area contributed by atoms with E-state index >= 15 is 0 Å². The fraction of sp³-hybridized carbons (Fsp3) is 0.375. The summed E-state index contributed by atoms with van der Waals surface area (Å²) >= 11 is 5.12. The van der Waals surface area contributed by atoms with Crippen molar-refractivity contribution < 1.29 is 9.47 Å². The van der Waals surface area contributed by atoms with Crippen LogP contribution in [0.3, 0.4) is 0 Å². The van der Waals surface area contributed by atoms with E-state index in [0.29, 0.717) is 18.0 Å². The van der Waals surface area contributed by atoms with Gasteiger partial charge in [-0.05, 0) is 41.9 Å². The molecule has 6 heteroatoms. The largest absolute Gasteiger partial charge is 0.486 e. The average Bonchev–Trinajstić information content (AvgIpc) is 2.54. The normalized spacial score (nSPS) is 17.1. The molecule has 1 aromatic carbocycles. The van der Waals surface area contributed by atoms with E-state index in [2.05, 4.69) is 27.0 Å². The molecule has 114 valence electrons. The molecule has 2 aromatic rings. The summed E-state index contributed by atoms with van der Waals surface area (Å²) in [7, 11) is 0. The van der Waals surface area contributed by atoms with Gasteiger partial charge in [0, 0.05) is 31.5 Å².